The molecule has 3 aromatic rings. The molecule has 1 aromatic carbocycles. The van der Waals surface area contributed by atoms with Crippen LogP contribution in [0.4, 0.5) is 0 Å². The molecule has 4 heteroatoms. The second kappa shape index (κ2) is 4.31. The maximum atomic E-state index is 5.94. The molecule has 1 unspecified atom stereocenters. The Morgan fingerprint density at radius 1 is 1.33 bits per heavy atom. The van der Waals surface area contributed by atoms with E-state index in [1.807, 2.05) is 12.3 Å². The van der Waals surface area contributed by atoms with Crippen molar-refractivity contribution in [1.29, 1.82) is 0 Å². The third-order valence-corrected chi connectivity index (χ3v) is 3.38. The Morgan fingerprint density at radius 2 is 2.17 bits per heavy atom. The first-order valence-electron chi connectivity index (χ1n) is 6.08. The van der Waals surface area contributed by atoms with Crippen LogP contribution in [0.2, 0.25) is 0 Å². The topological polar surface area (TPSA) is 70.5 Å². The molecule has 4 N–H and O–H groups in total. The lowest BCUT2D eigenvalue weighted by atomic mass is 9.95. The first-order valence-corrected chi connectivity index (χ1v) is 6.08. The van der Waals surface area contributed by atoms with Crippen LogP contribution in [0.25, 0.3) is 10.9 Å². The summed E-state index contributed by atoms with van der Waals surface area (Å²) >= 11 is 0. The lowest BCUT2D eigenvalue weighted by molar-refractivity contribution is 0.764. The molecule has 2 aromatic heterocycles. The van der Waals surface area contributed by atoms with Crippen molar-refractivity contribution >= 4 is 10.9 Å². The first kappa shape index (κ1) is 11.0. The molecule has 1 atom stereocenters. The van der Waals surface area contributed by atoms with E-state index in [2.05, 4.69) is 40.1 Å². The van der Waals surface area contributed by atoms with E-state index in [0.717, 1.165) is 17.0 Å². The van der Waals surface area contributed by atoms with Gasteiger partial charge in [-0.25, -0.2) is 4.98 Å². The zero-order valence-electron chi connectivity index (χ0n) is 10.3. The SMILES string of the molecule is Cc1[nH]c2ccccc2c1C(CN)c1ncc[nH]1. The molecule has 3 rings (SSSR count). The Hall–Kier alpha value is -2.07. The van der Waals surface area contributed by atoms with E-state index in [-0.39, 0.29) is 5.92 Å². The Balaban J connectivity index is 2.21. The van der Waals surface area contributed by atoms with Gasteiger partial charge in [-0.2, -0.15) is 0 Å². The van der Waals surface area contributed by atoms with E-state index >= 15 is 0 Å². The molecular formula is C14H16N4. The number of hydrogen-bond acceptors (Lipinski definition) is 2. The summed E-state index contributed by atoms with van der Waals surface area (Å²) in [4.78, 5) is 10.9. The van der Waals surface area contributed by atoms with Gasteiger partial charge in [0.05, 0.1) is 5.92 Å². The third kappa shape index (κ3) is 1.62. The molecule has 0 saturated heterocycles. The van der Waals surface area contributed by atoms with Gasteiger partial charge in [0.15, 0.2) is 0 Å². The first-order chi connectivity index (χ1) is 8.81. The standard InChI is InChI=1S/C14H16N4/c1-9-13(10-4-2-3-5-12(10)18-9)11(8-15)14-16-6-7-17-14/h2-7,11,18H,8,15H2,1H3,(H,16,17). The molecule has 0 aliphatic heterocycles. The fourth-order valence-electron chi connectivity index (χ4n) is 2.58. The number of fused-ring (bicyclic) bond motifs is 1. The van der Waals surface area contributed by atoms with Crippen molar-refractivity contribution in [3.63, 3.8) is 0 Å². The number of nitrogens with one attached hydrogen (secondary N) is 2. The van der Waals surface area contributed by atoms with Gasteiger partial charge in [0, 0.05) is 35.5 Å². The number of aromatic amines is 2. The van der Waals surface area contributed by atoms with E-state index in [1.54, 1.807) is 6.20 Å². The predicted octanol–water partition coefficient (Wildman–Crippen LogP) is 2.29. The molecule has 0 aliphatic carbocycles. The van der Waals surface area contributed by atoms with E-state index in [0.29, 0.717) is 6.54 Å². The molecule has 92 valence electrons. The van der Waals surface area contributed by atoms with Gasteiger partial charge in [-0.05, 0) is 18.6 Å². The van der Waals surface area contributed by atoms with Crippen LogP contribution in [0.5, 0.6) is 0 Å². The summed E-state index contributed by atoms with van der Waals surface area (Å²) in [7, 11) is 0. The molecule has 0 saturated carbocycles. The maximum absolute atomic E-state index is 5.94. The van der Waals surface area contributed by atoms with Gasteiger partial charge >= 0.3 is 0 Å². The number of benzene rings is 1. The van der Waals surface area contributed by atoms with Crippen molar-refractivity contribution in [2.45, 2.75) is 12.8 Å². The molecule has 0 bridgehead atoms. The summed E-state index contributed by atoms with van der Waals surface area (Å²) in [6.07, 6.45) is 3.60. The largest absolute Gasteiger partial charge is 0.358 e. The lowest BCUT2D eigenvalue weighted by Crippen LogP contribution is -2.15. The van der Waals surface area contributed by atoms with Crippen molar-refractivity contribution in [2.24, 2.45) is 5.73 Å². The maximum Gasteiger partial charge on any atom is 0.114 e. The van der Waals surface area contributed by atoms with Crippen LogP contribution in [0.3, 0.4) is 0 Å². The minimum atomic E-state index is 0.108. The normalized spacial score (nSPS) is 13.0. The van der Waals surface area contributed by atoms with E-state index in [1.165, 1.54) is 10.9 Å². The average Bonchev–Trinajstić information content (AvgIpc) is 2.99. The zero-order chi connectivity index (χ0) is 12.5. The summed E-state index contributed by atoms with van der Waals surface area (Å²) in [6, 6.07) is 8.29. The molecule has 18 heavy (non-hydrogen) atoms. The number of nitrogens with two attached hydrogens (primary N) is 1. The van der Waals surface area contributed by atoms with E-state index < -0.39 is 0 Å². The number of H-pyrrole nitrogens is 2. The predicted molar refractivity (Wildman–Crippen MR) is 72.5 cm³/mol. The average molecular weight is 240 g/mol. The van der Waals surface area contributed by atoms with Crippen molar-refractivity contribution in [1.82, 2.24) is 15.0 Å². The van der Waals surface area contributed by atoms with Gasteiger partial charge in [-0.15, -0.1) is 0 Å². The highest BCUT2D eigenvalue weighted by atomic mass is 14.9. The number of hydrogen-bond donors (Lipinski definition) is 3. The molecule has 0 radical (unpaired) electrons. The van der Waals surface area contributed by atoms with Crippen molar-refractivity contribution in [2.75, 3.05) is 6.54 Å². The van der Waals surface area contributed by atoms with Gasteiger partial charge in [0.2, 0.25) is 0 Å². The Bertz CT molecular complexity index is 652. The van der Waals surface area contributed by atoms with E-state index in [9.17, 15) is 0 Å². The van der Waals surface area contributed by atoms with Gasteiger partial charge in [0.25, 0.3) is 0 Å². The highest BCUT2D eigenvalue weighted by molar-refractivity contribution is 5.85. The highest BCUT2D eigenvalue weighted by Gasteiger charge is 2.21. The minimum Gasteiger partial charge on any atom is -0.358 e. The van der Waals surface area contributed by atoms with Crippen LogP contribution in [0.15, 0.2) is 36.7 Å². The van der Waals surface area contributed by atoms with Gasteiger partial charge in [-0.1, -0.05) is 18.2 Å². The Labute approximate surface area is 105 Å². The number of rotatable bonds is 3. The van der Waals surface area contributed by atoms with Crippen LogP contribution in [0.1, 0.15) is 23.0 Å². The van der Waals surface area contributed by atoms with Gasteiger partial charge < -0.3 is 15.7 Å². The smallest absolute Gasteiger partial charge is 0.114 e. The number of nitrogens with zero attached hydrogens (tertiary/aromatic N) is 1. The monoisotopic (exact) mass is 240 g/mol. The second-order valence-corrected chi connectivity index (χ2v) is 4.47. The fourth-order valence-corrected chi connectivity index (χ4v) is 2.58. The summed E-state index contributed by atoms with van der Waals surface area (Å²) in [6.45, 7) is 2.62. The molecule has 0 aliphatic rings. The molecule has 0 fully saturated rings. The van der Waals surface area contributed by atoms with Crippen LogP contribution in [-0.4, -0.2) is 21.5 Å². The summed E-state index contributed by atoms with van der Waals surface area (Å²) in [5.74, 6) is 1.03. The second-order valence-electron chi connectivity index (χ2n) is 4.47. The minimum absolute atomic E-state index is 0.108. The van der Waals surface area contributed by atoms with Crippen molar-refractivity contribution in [3.05, 3.63) is 53.7 Å². The van der Waals surface area contributed by atoms with Crippen molar-refractivity contribution < 1.29 is 0 Å². The van der Waals surface area contributed by atoms with Gasteiger partial charge in [0.1, 0.15) is 5.82 Å². The lowest BCUT2D eigenvalue weighted by Gasteiger charge is -2.13. The number of aryl methyl sites for hydroxylation is 1. The Morgan fingerprint density at radius 3 is 2.89 bits per heavy atom. The number of imidazole rings is 1. The number of para-hydroxylation sites is 1. The van der Waals surface area contributed by atoms with Crippen LogP contribution < -0.4 is 5.73 Å². The molecule has 0 spiro atoms. The fraction of sp³-hybridized carbons (Fsp3) is 0.214. The summed E-state index contributed by atoms with van der Waals surface area (Å²) in [5, 5.41) is 1.22. The molecule has 2 heterocycles. The van der Waals surface area contributed by atoms with E-state index in [4.69, 9.17) is 5.73 Å². The molecule has 0 amide bonds. The molecule has 4 nitrogen and oxygen atoms in total. The summed E-state index contributed by atoms with van der Waals surface area (Å²) < 4.78 is 0. The highest BCUT2D eigenvalue weighted by Crippen LogP contribution is 2.31. The van der Waals surface area contributed by atoms with Crippen LogP contribution in [0, 0.1) is 6.92 Å². The Kier molecular flexibility index (Phi) is 2.64. The zero-order valence-corrected chi connectivity index (χ0v) is 10.3. The van der Waals surface area contributed by atoms with Crippen LogP contribution in [-0.2, 0) is 0 Å². The van der Waals surface area contributed by atoms with Crippen LogP contribution >= 0.6 is 0 Å². The van der Waals surface area contributed by atoms with Crippen molar-refractivity contribution in [3.8, 4) is 0 Å². The summed E-state index contributed by atoms with van der Waals surface area (Å²) in [5.41, 5.74) is 9.48. The number of aromatic nitrogens is 3. The molecular weight excluding hydrogens is 224 g/mol. The van der Waals surface area contributed by atoms with Gasteiger partial charge in [-0.3, -0.25) is 0 Å². The quantitative estimate of drug-likeness (QED) is 0.657. The third-order valence-electron chi connectivity index (χ3n) is 3.38.